The molecule has 3 aromatic rings. The molecule has 10 heteroatoms. The van der Waals surface area contributed by atoms with Crippen LogP contribution in [0.2, 0.25) is 10.0 Å². The number of carbonyl (C=O) groups excluding carboxylic acids is 2. The summed E-state index contributed by atoms with van der Waals surface area (Å²) in [6.07, 6.45) is -4.85. The maximum Gasteiger partial charge on any atom is 0.573 e. The number of hydrogen-bond donors (Lipinski definition) is 0. The molecule has 1 saturated heterocycles. The SMILES string of the molecule is N#Cc1ccc([C@@]2(c3ccc(OC(F)(F)F)cc3)C3C(=O)N(c4cc(Cl)cc(Cl)c4)C(=O)[C@H]32)cc1. The van der Waals surface area contributed by atoms with Crippen molar-refractivity contribution in [2.24, 2.45) is 11.8 Å². The van der Waals surface area contributed by atoms with Crippen LogP contribution in [-0.4, -0.2) is 18.2 Å². The van der Waals surface area contributed by atoms with Crippen LogP contribution in [0, 0.1) is 23.2 Å². The molecule has 0 spiro atoms. The molecule has 176 valence electrons. The number of nitriles is 1. The number of hydrogen-bond acceptors (Lipinski definition) is 4. The highest BCUT2D eigenvalue weighted by atomic mass is 35.5. The summed E-state index contributed by atoms with van der Waals surface area (Å²) in [5.74, 6) is -2.96. The van der Waals surface area contributed by atoms with Crippen LogP contribution in [0.5, 0.6) is 5.75 Å². The number of anilines is 1. The van der Waals surface area contributed by atoms with E-state index < -0.39 is 41.2 Å². The van der Waals surface area contributed by atoms with Gasteiger partial charge in [-0.25, -0.2) is 4.90 Å². The minimum Gasteiger partial charge on any atom is -0.406 e. The number of rotatable bonds is 4. The molecule has 0 N–H and O–H groups in total. The van der Waals surface area contributed by atoms with Crippen LogP contribution in [0.4, 0.5) is 18.9 Å². The fraction of sp³-hybridized carbons (Fsp3) is 0.160. The summed E-state index contributed by atoms with van der Waals surface area (Å²) in [5.41, 5.74) is 0.611. The summed E-state index contributed by atoms with van der Waals surface area (Å²) in [4.78, 5) is 28.1. The number of nitrogens with zero attached hydrogens (tertiary/aromatic N) is 2. The first kappa shape index (κ1) is 23.2. The van der Waals surface area contributed by atoms with Gasteiger partial charge in [-0.1, -0.05) is 47.5 Å². The van der Waals surface area contributed by atoms with Crippen LogP contribution >= 0.6 is 23.2 Å². The normalized spacial score (nSPS) is 23.1. The van der Waals surface area contributed by atoms with Crippen LogP contribution in [0.1, 0.15) is 16.7 Å². The number of carbonyl (C=O) groups is 2. The Morgan fingerprint density at radius 1 is 0.857 bits per heavy atom. The molecule has 2 aliphatic rings. The molecular weight excluding hydrogens is 504 g/mol. The Morgan fingerprint density at radius 2 is 1.34 bits per heavy atom. The van der Waals surface area contributed by atoms with Gasteiger partial charge >= 0.3 is 6.36 Å². The van der Waals surface area contributed by atoms with E-state index in [2.05, 4.69) is 4.74 Å². The number of benzene rings is 3. The third-order valence-electron chi connectivity index (χ3n) is 6.34. The lowest BCUT2D eigenvalue weighted by molar-refractivity contribution is -0.274. The fourth-order valence-electron chi connectivity index (χ4n) is 5.01. The molecular formula is C25H13Cl2F3N2O3. The molecule has 1 aliphatic carbocycles. The van der Waals surface area contributed by atoms with Gasteiger partial charge in [0.05, 0.1) is 29.2 Å². The number of amides is 2. The molecule has 1 saturated carbocycles. The molecule has 3 aromatic carbocycles. The molecule has 1 aliphatic heterocycles. The highest BCUT2D eigenvalue weighted by molar-refractivity contribution is 6.36. The van der Waals surface area contributed by atoms with Crippen molar-refractivity contribution in [1.82, 2.24) is 0 Å². The summed E-state index contributed by atoms with van der Waals surface area (Å²) in [6.45, 7) is 0. The van der Waals surface area contributed by atoms with E-state index >= 15 is 0 Å². The van der Waals surface area contributed by atoms with E-state index in [-0.39, 0.29) is 15.7 Å². The molecule has 1 heterocycles. The molecule has 2 fully saturated rings. The Balaban J connectivity index is 1.58. The maximum atomic E-state index is 13.5. The van der Waals surface area contributed by atoms with Gasteiger partial charge in [0.25, 0.3) is 0 Å². The Morgan fingerprint density at radius 3 is 1.80 bits per heavy atom. The van der Waals surface area contributed by atoms with Crippen LogP contribution < -0.4 is 9.64 Å². The second kappa shape index (κ2) is 8.01. The monoisotopic (exact) mass is 516 g/mol. The van der Waals surface area contributed by atoms with E-state index in [0.29, 0.717) is 16.7 Å². The lowest BCUT2D eigenvalue weighted by atomic mass is 9.82. The third-order valence-corrected chi connectivity index (χ3v) is 6.78. The van der Waals surface area contributed by atoms with Crippen molar-refractivity contribution < 1.29 is 27.5 Å². The number of ether oxygens (including phenoxy) is 1. The van der Waals surface area contributed by atoms with Gasteiger partial charge < -0.3 is 4.74 Å². The van der Waals surface area contributed by atoms with Gasteiger partial charge in [-0.15, -0.1) is 13.2 Å². The smallest absolute Gasteiger partial charge is 0.406 e. The van der Waals surface area contributed by atoms with Crippen molar-refractivity contribution in [2.75, 3.05) is 4.90 Å². The highest BCUT2D eigenvalue weighted by Crippen LogP contribution is 2.68. The molecule has 2 amide bonds. The van der Waals surface area contributed by atoms with Crippen molar-refractivity contribution in [3.8, 4) is 11.8 Å². The fourth-order valence-corrected chi connectivity index (χ4v) is 5.52. The van der Waals surface area contributed by atoms with E-state index in [1.807, 2.05) is 6.07 Å². The average molecular weight is 517 g/mol. The summed E-state index contributed by atoms with van der Waals surface area (Å²) in [7, 11) is 0. The molecule has 1 unspecified atom stereocenters. The highest BCUT2D eigenvalue weighted by Gasteiger charge is 2.78. The predicted molar refractivity (Wildman–Crippen MR) is 121 cm³/mol. The Labute approximate surface area is 207 Å². The molecule has 0 bridgehead atoms. The van der Waals surface area contributed by atoms with Gasteiger partial charge in [0.15, 0.2) is 0 Å². The second-order valence-electron chi connectivity index (χ2n) is 8.23. The van der Waals surface area contributed by atoms with Crippen molar-refractivity contribution in [3.63, 3.8) is 0 Å². The zero-order chi connectivity index (χ0) is 25.1. The van der Waals surface area contributed by atoms with Gasteiger partial charge in [-0.05, 0) is 53.6 Å². The van der Waals surface area contributed by atoms with E-state index in [0.717, 1.165) is 17.0 Å². The molecule has 35 heavy (non-hydrogen) atoms. The minimum absolute atomic E-state index is 0.243. The number of halogens is 5. The Kier molecular flexibility index (Phi) is 5.31. The third kappa shape index (κ3) is 3.72. The van der Waals surface area contributed by atoms with Gasteiger partial charge in [0.2, 0.25) is 11.8 Å². The first-order valence-electron chi connectivity index (χ1n) is 10.3. The standard InChI is InChI=1S/C25H13Cl2F3N2O3/c26-16-9-17(27)11-18(10-16)32-22(33)20-21(23(32)34)24(20,14-3-1-13(12-31)2-4-14)15-5-7-19(8-6-15)35-25(28,29)30/h1-11,20-21H/t20-,21?,24-/m0/s1. The van der Waals surface area contributed by atoms with E-state index in [1.165, 1.54) is 30.3 Å². The lowest BCUT2D eigenvalue weighted by Crippen LogP contribution is -2.39. The summed E-state index contributed by atoms with van der Waals surface area (Å²) >= 11 is 12.1. The van der Waals surface area contributed by atoms with Crippen molar-refractivity contribution in [2.45, 2.75) is 11.8 Å². The number of imide groups is 1. The van der Waals surface area contributed by atoms with Crippen molar-refractivity contribution in [1.29, 1.82) is 5.26 Å². The Hall–Kier alpha value is -3.54. The quantitative estimate of drug-likeness (QED) is 0.406. The van der Waals surface area contributed by atoms with Crippen LogP contribution in [-0.2, 0) is 15.0 Å². The van der Waals surface area contributed by atoms with Crippen molar-refractivity contribution in [3.05, 3.63) is 93.5 Å². The second-order valence-corrected chi connectivity index (χ2v) is 9.10. The molecule has 0 radical (unpaired) electrons. The largest absolute Gasteiger partial charge is 0.573 e. The predicted octanol–water partition coefficient (Wildman–Crippen LogP) is 5.87. The van der Waals surface area contributed by atoms with Crippen LogP contribution in [0.15, 0.2) is 66.7 Å². The summed E-state index contributed by atoms with van der Waals surface area (Å²) < 4.78 is 41.8. The first-order chi connectivity index (χ1) is 16.6. The number of fused-ring (bicyclic) bond motifs is 1. The molecule has 5 rings (SSSR count). The zero-order valence-electron chi connectivity index (χ0n) is 17.5. The topological polar surface area (TPSA) is 70.4 Å². The van der Waals surface area contributed by atoms with Gasteiger partial charge in [0, 0.05) is 15.5 Å². The summed E-state index contributed by atoms with van der Waals surface area (Å²) in [6, 6.07) is 18.0. The zero-order valence-corrected chi connectivity index (χ0v) is 19.0. The van der Waals surface area contributed by atoms with Crippen LogP contribution in [0.3, 0.4) is 0 Å². The van der Waals surface area contributed by atoms with E-state index in [9.17, 15) is 22.8 Å². The molecule has 5 nitrogen and oxygen atoms in total. The van der Waals surface area contributed by atoms with E-state index in [1.54, 1.807) is 24.3 Å². The van der Waals surface area contributed by atoms with E-state index in [4.69, 9.17) is 28.5 Å². The van der Waals surface area contributed by atoms with Gasteiger partial charge in [0.1, 0.15) is 5.75 Å². The first-order valence-corrected chi connectivity index (χ1v) is 11.0. The van der Waals surface area contributed by atoms with Gasteiger partial charge in [-0.3, -0.25) is 9.59 Å². The number of piperidine rings is 1. The molecule has 3 atom stereocenters. The maximum absolute atomic E-state index is 13.5. The average Bonchev–Trinajstić information content (AvgIpc) is 3.41. The minimum atomic E-state index is -4.85. The van der Waals surface area contributed by atoms with Crippen molar-refractivity contribution >= 4 is 40.7 Å². The van der Waals surface area contributed by atoms with Crippen LogP contribution in [0.25, 0.3) is 0 Å². The number of alkyl halides is 3. The van der Waals surface area contributed by atoms with Gasteiger partial charge in [-0.2, -0.15) is 5.26 Å². The molecule has 0 aromatic heterocycles. The Bertz CT molecular complexity index is 1360. The lowest BCUT2D eigenvalue weighted by Gasteiger charge is -2.27. The summed E-state index contributed by atoms with van der Waals surface area (Å²) in [5, 5.41) is 9.66.